The molecule has 0 radical (unpaired) electrons. The Morgan fingerprint density at radius 1 is 0.962 bits per heavy atom. The van der Waals surface area contributed by atoms with Crippen molar-refractivity contribution in [2.24, 2.45) is 0 Å². The van der Waals surface area contributed by atoms with Gasteiger partial charge in [0.15, 0.2) is 0 Å². The molecule has 0 aromatic carbocycles. The normalized spacial score (nSPS) is 29.2. The van der Waals surface area contributed by atoms with E-state index in [0.717, 1.165) is 12.8 Å². The fraction of sp³-hybridized carbons (Fsp3) is 1.00. The highest BCUT2D eigenvalue weighted by molar-refractivity contribution is 7.53. The molecule has 2 rings (SSSR count). The van der Waals surface area contributed by atoms with Crippen molar-refractivity contribution in [2.45, 2.75) is 96.6 Å². The van der Waals surface area contributed by atoms with Crippen LogP contribution in [0.5, 0.6) is 0 Å². The molecule has 0 spiro atoms. The number of fused-ring (bicyclic) bond motifs is 2. The Hall–Kier alpha value is 0.247. The largest absolute Gasteiger partial charge is 0.390 e. The minimum absolute atomic E-state index is 0.0180. The van der Waals surface area contributed by atoms with Gasteiger partial charge in [0.1, 0.15) is 6.35 Å². The molecule has 8 heteroatoms. The first-order valence-corrected chi connectivity index (χ1v) is 13.3. The van der Waals surface area contributed by atoms with Crippen molar-refractivity contribution in [3.8, 4) is 0 Å². The van der Waals surface area contributed by atoms with Gasteiger partial charge in [0.05, 0.1) is 31.5 Å². The summed E-state index contributed by atoms with van der Waals surface area (Å²) in [5.41, 5.74) is 0. The maximum absolute atomic E-state index is 12.7. The lowest BCUT2D eigenvalue weighted by Crippen LogP contribution is -2.62. The van der Waals surface area contributed by atoms with Crippen molar-refractivity contribution in [3.63, 3.8) is 0 Å². The monoisotopic (exact) mass is 408 g/mol. The molecule has 2 aliphatic rings. The van der Waals surface area contributed by atoms with Crippen LogP contribution in [0.4, 0.5) is 0 Å². The summed E-state index contributed by atoms with van der Waals surface area (Å²) in [7, 11) is -5.72. The molecule has 1 aliphatic carbocycles. The van der Waals surface area contributed by atoms with Crippen LogP contribution in [0.25, 0.3) is 0 Å². The summed E-state index contributed by atoms with van der Waals surface area (Å²) in [6, 6.07) is 0. The molecule has 0 N–H and O–H groups in total. The topological polar surface area (TPSA) is 63.2 Å². The van der Waals surface area contributed by atoms with E-state index in [2.05, 4.69) is 41.5 Å². The first-order valence-electron chi connectivity index (χ1n) is 9.73. The fourth-order valence-corrected chi connectivity index (χ4v) is 10.8. The molecule has 3 atom stereocenters. The smallest absolute Gasteiger partial charge is 0.356 e. The van der Waals surface area contributed by atoms with Crippen LogP contribution in [0.1, 0.15) is 68.2 Å². The molecular formula is C18H37O6PSi. The maximum atomic E-state index is 12.7. The van der Waals surface area contributed by atoms with Crippen LogP contribution < -0.4 is 0 Å². The molecule has 1 saturated heterocycles. The zero-order chi connectivity index (χ0) is 19.8. The predicted octanol–water partition coefficient (Wildman–Crippen LogP) is 5.22. The Bertz CT molecular complexity index is 503. The molecular weight excluding hydrogens is 371 g/mol. The number of hydrogen-bond donors (Lipinski definition) is 0. The second kappa shape index (κ2) is 7.94. The molecule has 2 bridgehead atoms. The highest BCUT2D eigenvalue weighted by Gasteiger charge is 2.64. The van der Waals surface area contributed by atoms with Gasteiger partial charge in [0, 0.05) is 22.9 Å². The summed E-state index contributed by atoms with van der Waals surface area (Å²) in [6.07, 6.45) is 1.56. The van der Waals surface area contributed by atoms with Gasteiger partial charge in [-0.1, -0.05) is 41.5 Å². The first kappa shape index (κ1) is 22.5. The van der Waals surface area contributed by atoms with Gasteiger partial charge in [-0.15, -0.1) is 0 Å². The van der Waals surface area contributed by atoms with Gasteiger partial charge < -0.3 is 22.6 Å². The third-order valence-electron chi connectivity index (χ3n) is 5.13. The molecule has 2 fully saturated rings. The minimum atomic E-state index is -3.21. The molecule has 1 saturated carbocycles. The van der Waals surface area contributed by atoms with Crippen molar-refractivity contribution in [1.29, 1.82) is 0 Å². The number of ether oxygens (including phenoxy) is 1. The average molecular weight is 409 g/mol. The molecule has 1 aliphatic heterocycles. The van der Waals surface area contributed by atoms with Gasteiger partial charge in [-0.25, -0.2) is 0 Å². The molecule has 0 aromatic heterocycles. The molecule has 2 unspecified atom stereocenters. The average Bonchev–Trinajstić information content (AvgIpc) is 2.77. The summed E-state index contributed by atoms with van der Waals surface area (Å²) >= 11 is 0. The minimum Gasteiger partial charge on any atom is -0.390 e. The van der Waals surface area contributed by atoms with Crippen molar-refractivity contribution >= 4 is 16.2 Å². The molecule has 154 valence electrons. The van der Waals surface area contributed by atoms with E-state index in [0.29, 0.717) is 13.2 Å². The Morgan fingerprint density at radius 2 is 1.50 bits per heavy atom. The van der Waals surface area contributed by atoms with Crippen LogP contribution in [0.15, 0.2) is 0 Å². The second-order valence-electron chi connectivity index (χ2n) is 9.26. The van der Waals surface area contributed by atoms with Gasteiger partial charge in [0.2, 0.25) is 0 Å². The SMILES string of the molecule is CCOP(=O)(CO[C@H]1CC2CC1O[Si](C(C)(C)C)(C(C)(C)C)O2)OCC. The summed E-state index contributed by atoms with van der Waals surface area (Å²) in [5, 5.41) is -0.105. The summed E-state index contributed by atoms with van der Waals surface area (Å²) in [4.78, 5) is 0. The lowest BCUT2D eigenvalue weighted by Gasteiger charge is -2.53. The Balaban J connectivity index is 2.12. The van der Waals surface area contributed by atoms with Crippen LogP contribution in [0.2, 0.25) is 10.1 Å². The van der Waals surface area contributed by atoms with Gasteiger partial charge in [0.25, 0.3) is 0 Å². The van der Waals surface area contributed by atoms with Gasteiger partial charge >= 0.3 is 16.2 Å². The summed E-state index contributed by atoms with van der Waals surface area (Å²) < 4.78 is 42.7. The van der Waals surface area contributed by atoms with E-state index in [-0.39, 0.29) is 34.7 Å². The van der Waals surface area contributed by atoms with E-state index in [1.54, 1.807) is 13.8 Å². The number of hydrogen-bond acceptors (Lipinski definition) is 6. The van der Waals surface area contributed by atoms with Crippen LogP contribution in [-0.2, 0) is 27.2 Å². The Morgan fingerprint density at radius 3 is 1.96 bits per heavy atom. The van der Waals surface area contributed by atoms with E-state index in [4.69, 9.17) is 22.6 Å². The highest BCUT2D eigenvalue weighted by Crippen LogP contribution is 2.57. The highest BCUT2D eigenvalue weighted by atomic mass is 31.2. The van der Waals surface area contributed by atoms with Gasteiger partial charge in [-0.2, -0.15) is 0 Å². The maximum Gasteiger partial charge on any atom is 0.356 e. The van der Waals surface area contributed by atoms with E-state index in [1.165, 1.54) is 0 Å². The predicted molar refractivity (Wildman–Crippen MR) is 105 cm³/mol. The summed E-state index contributed by atoms with van der Waals surface area (Å²) in [6.45, 7) is 17.5. The summed E-state index contributed by atoms with van der Waals surface area (Å²) in [5.74, 6) is 0. The van der Waals surface area contributed by atoms with E-state index >= 15 is 0 Å². The fourth-order valence-electron chi connectivity index (χ4n) is 4.31. The third-order valence-corrected chi connectivity index (χ3v) is 12.1. The quantitative estimate of drug-likeness (QED) is 0.425. The zero-order valence-electron chi connectivity index (χ0n) is 17.7. The Labute approximate surface area is 160 Å². The van der Waals surface area contributed by atoms with Crippen molar-refractivity contribution in [1.82, 2.24) is 0 Å². The van der Waals surface area contributed by atoms with Crippen LogP contribution in [0, 0.1) is 0 Å². The molecule has 0 amide bonds. The third kappa shape index (κ3) is 4.45. The molecule has 6 nitrogen and oxygen atoms in total. The van der Waals surface area contributed by atoms with Crippen molar-refractivity contribution < 1.29 is 27.2 Å². The molecule has 0 aromatic rings. The lowest BCUT2D eigenvalue weighted by molar-refractivity contribution is -0.0288. The Kier molecular flexibility index (Phi) is 6.88. The van der Waals surface area contributed by atoms with Crippen LogP contribution >= 0.6 is 7.60 Å². The van der Waals surface area contributed by atoms with Crippen LogP contribution in [-0.4, -0.2) is 46.4 Å². The van der Waals surface area contributed by atoms with Gasteiger partial charge in [-0.3, -0.25) is 4.57 Å². The van der Waals surface area contributed by atoms with Crippen molar-refractivity contribution in [2.75, 3.05) is 19.6 Å². The lowest BCUT2D eigenvalue weighted by atomic mass is 10.2. The van der Waals surface area contributed by atoms with Crippen LogP contribution in [0.3, 0.4) is 0 Å². The van der Waals surface area contributed by atoms with Crippen molar-refractivity contribution in [3.05, 3.63) is 0 Å². The van der Waals surface area contributed by atoms with Gasteiger partial charge in [-0.05, 0) is 13.8 Å². The standard InChI is InChI=1S/C18H37O6PSi/c1-9-21-25(19,22-10-2)13-20-15-11-14-12-16(15)24-26(23-14,17(3,4)5)18(6,7)8/h14-16H,9-13H2,1-8H3/t14?,15-,16?/m0/s1. The zero-order valence-corrected chi connectivity index (χ0v) is 19.6. The molecule has 26 heavy (non-hydrogen) atoms. The molecule has 1 heterocycles. The van der Waals surface area contributed by atoms with E-state index in [1.807, 2.05) is 0 Å². The van der Waals surface area contributed by atoms with E-state index < -0.39 is 16.2 Å². The number of rotatable bonds is 7. The second-order valence-corrected chi connectivity index (χ2v) is 16.0. The first-order chi connectivity index (χ1) is 11.9. The van der Waals surface area contributed by atoms with E-state index in [9.17, 15) is 4.57 Å².